The monoisotopic (exact) mass is 1100 g/mol. The van der Waals surface area contributed by atoms with Crippen LogP contribution in [0.5, 0.6) is 11.5 Å². The van der Waals surface area contributed by atoms with E-state index in [1.165, 1.54) is 38.9 Å². The second-order valence-electron chi connectivity index (χ2n) is 22.8. The maximum Gasteiger partial charge on any atom is 0.136 e. The van der Waals surface area contributed by atoms with Gasteiger partial charge in [-0.3, -0.25) is 0 Å². The van der Waals surface area contributed by atoms with Crippen molar-refractivity contribution in [2.45, 2.75) is 105 Å². The van der Waals surface area contributed by atoms with Gasteiger partial charge in [-0.1, -0.05) is 155 Å². The number of hydrogen-bond acceptors (Lipinski definition) is 4. The fraction of sp³-hybridized carbons (Fsp3) is 0.250. The van der Waals surface area contributed by atoms with Crippen LogP contribution in [-0.2, 0) is 42.7 Å². The van der Waals surface area contributed by atoms with Gasteiger partial charge in [-0.25, -0.2) is 4.98 Å². The van der Waals surface area contributed by atoms with Crippen LogP contribution in [0.15, 0.2) is 158 Å². The number of aromatic nitrogens is 2. The minimum Gasteiger partial charge on any atom is -0.509 e. The van der Waals surface area contributed by atoms with Crippen molar-refractivity contribution in [3.63, 3.8) is 0 Å². The summed E-state index contributed by atoms with van der Waals surface area (Å²) in [7, 11) is 0. The van der Waals surface area contributed by atoms with Gasteiger partial charge in [0, 0.05) is 61.3 Å². The molecule has 5 nitrogen and oxygen atoms in total. The molecule has 0 N–H and O–H groups in total. The van der Waals surface area contributed by atoms with E-state index in [4.69, 9.17) is 9.72 Å². The number of para-hydroxylation sites is 2. The quantitative estimate of drug-likeness (QED) is 0.149. The van der Waals surface area contributed by atoms with Gasteiger partial charge in [-0.05, 0) is 126 Å². The summed E-state index contributed by atoms with van der Waals surface area (Å²) >= 11 is 0. The van der Waals surface area contributed by atoms with Crippen LogP contribution in [0.1, 0.15) is 105 Å². The molecule has 9 aromatic rings. The number of ether oxygens (including phenoxy) is 1. The van der Waals surface area contributed by atoms with Gasteiger partial charge in [0.05, 0.1) is 0 Å². The van der Waals surface area contributed by atoms with Crippen molar-refractivity contribution in [2.24, 2.45) is 0 Å². The molecule has 0 aliphatic carbocycles. The number of rotatable bonds is 7. The SMILES string of the molecule is CC(C)(C)c1cccc(N2[CH-]N(c3[c-]c(Oc4[c-]c5c(cc4)c4cc(C(C)(C)C)ccc4n5-c4cc(-c5c(C(C)(C)C)cc(-c6ccccc6)cc5C(C)(C)C)ccn4)ccc3)c3ccccc32)c1.[Pt]. The van der Waals surface area contributed by atoms with Crippen molar-refractivity contribution >= 4 is 44.6 Å². The fourth-order valence-electron chi connectivity index (χ4n) is 9.70. The summed E-state index contributed by atoms with van der Waals surface area (Å²) in [4.78, 5) is 9.59. The molecular formula is C64H63N4OPt-3. The molecule has 3 heterocycles. The summed E-state index contributed by atoms with van der Waals surface area (Å²) in [5, 5.41) is 2.24. The van der Waals surface area contributed by atoms with E-state index in [0.717, 1.165) is 55.9 Å². The topological polar surface area (TPSA) is 33.5 Å². The van der Waals surface area contributed by atoms with Crippen molar-refractivity contribution < 1.29 is 25.8 Å². The number of hydrogen-bond donors (Lipinski definition) is 0. The van der Waals surface area contributed by atoms with E-state index in [1.807, 2.05) is 24.4 Å². The summed E-state index contributed by atoms with van der Waals surface area (Å²) in [6.45, 7) is 29.6. The van der Waals surface area contributed by atoms with Crippen LogP contribution in [0.25, 0.3) is 49.9 Å². The molecule has 0 radical (unpaired) electrons. The smallest absolute Gasteiger partial charge is 0.136 e. The first kappa shape index (κ1) is 48.6. The molecule has 0 atom stereocenters. The van der Waals surface area contributed by atoms with Gasteiger partial charge in [0.2, 0.25) is 0 Å². The van der Waals surface area contributed by atoms with Crippen LogP contribution in [-0.4, -0.2) is 9.55 Å². The molecule has 70 heavy (non-hydrogen) atoms. The molecule has 1 aliphatic rings. The van der Waals surface area contributed by atoms with E-state index >= 15 is 0 Å². The van der Waals surface area contributed by atoms with Gasteiger partial charge in [-0.2, -0.15) is 12.1 Å². The van der Waals surface area contributed by atoms with Crippen molar-refractivity contribution in [1.82, 2.24) is 9.55 Å². The normalized spacial score (nSPS) is 13.2. The average Bonchev–Trinajstić information content (AvgIpc) is 3.86. The van der Waals surface area contributed by atoms with Crippen molar-refractivity contribution in [2.75, 3.05) is 9.80 Å². The molecule has 0 saturated heterocycles. The molecular weight excluding hydrogens is 1040 g/mol. The van der Waals surface area contributed by atoms with Gasteiger partial charge in [0.15, 0.2) is 0 Å². The molecule has 0 saturated carbocycles. The second-order valence-corrected chi connectivity index (χ2v) is 22.8. The first-order valence-corrected chi connectivity index (χ1v) is 24.3. The molecule has 0 amide bonds. The Labute approximate surface area is 430 Å². The van der Waals surface area contributed by atoms with Crippen molar-refractivity contribution in [3.05, 3.63) is 199 Å². The van der Waals surface area contributed by atoms with Crippen molar-refractivity contribution in [1.29, 1.82) is 0 Å². The van der Waals surface area contributed by atoms with Gasteiger partial charge in [-0.15, -0.1) is 48.1 Å². The van der Waals surface area contributed by atoms with Crippen LogP contribution >= 0.6 is 0 Å². The third kappa shape index (κ3) is 9.22. The minimum absolute atomic E-state index is 0. The maximum absolute atomic E-state index is 6.75. The largest absolute Gasteiger partial charge is 0.509 e. The number of anilines is 4. The van der Waals surface area contributed by atoms with Gasteiger partial charge in [0.1, 0.15) is 5.82 Å². The molecule has 6 heteroatoms. The molecule has 1 aliphatic heterocycles. The Balaban J connectivity index is 0.00000608. The third-order valence-corrected chi connectivity index (χ3v) is 13.5. The van der Waals surface area contributed by atoms with Gasteiger partial charge < -0.3 is 19.1 Å². The summed E-state index contributed by atoms with van der Waals surface area (Å²) in [5.74, 6) is 2.02. The van der Waals surface area contributed by atoms with E-state index in [9.17, 15) is 0 Å². The molecule has 0 fully saturated rings. The van der Waals surface area contributed by atoms with Crippen LogP contribution < -0.4 is 14.5 Å². The molecule has 0 bridgehead atoms. The predicted octanol–water partition coefficient (Wildman–Crippen LogP) is 17.5. The molecule has 0 unspecified atom stereocenters. The van der Waals surface area contributed by atoms with Gasteiger partial charge in [0.25, 0.3) is 0 Å². The molecule has 0 spiro atoms. The zero-order chi connectivity index (χ0) is 48.6. The van der Waals surface area contributed by atoms with E-state index in [1.54, 1.807) is 0 Å². The maximum atomic E-state index is 6.75. The van der Waals surface area contributed by atoms with Crippen LogP contribution in [0.3, 0.4) is 0 Å². The summed E-state index contributed by atoms with van der Waals surface area (Å²) in [6, 6.07) is 61.8. The summed E-state index contributed by atoms with van der Waals surface area (Å²) in [6.07, 6.45) is 1.96. The molecule has 2 aromatic heterocycles. The first-order valence-electron chi connectivity index (χ1n) is 24.3. The third-order valence-electron chi connectivity index (χ3n) is 13.5. The molecule has 7 aromatic carbocycles. The van der Waals surface area contributed by atoms with Crippen LogP contribution in [0, 0.1) is 18.8 Å². The summed E-state index contributed by atoms with van der Waals surface area (Å²) in [5.41, 5.74) is 15.9. The Morgan fingerprint density at radius 1 is 0.486 bits per heavy atom. The Hall–Kier alpha value is -6.42. The number of benzene rings is 7. The van der Waals surface area contributed by atoms with Crippen molar-refractivity contribution in [3.8, 4) is 39.6 Å². The number of fused-ring (bicyclic) bond motifs is 4. The van der Waals surface area contributed by atoms with Crippen LogP contribution in [0.2, 0.25) is 0 Å². The Morgan fingerprint density at radius 3 is 1.79 bits per heavy atom. The van der Waals surface area contributed by atoms with E-state index in [-0.39, 0.29) is 42.7 Å². The van der Waals surface area contributed by atoms with E-state index in [2.05, 4.69) is 250 Å². The number of nitrogens with zero attached hydrogens (tertiary/aromatic N) is 4. The van der Waals surface area contributed by atoms with Crippen LogP contribution in [0.4, 0.5) is 22.7 Å². The zero-order valence-corrected chi connectivity index (χ0v) is 44.9. The minimum atomic E-state index is -0.137. The zero-order valence-electron chi connectivity index (χ0n) is 42.6. The fourth-order valence-corrected chi connectivity index (χ4v) is 9.70. The Bertz CT molecular complexity index is 3360. The Morgan fingerprint density at radius 2 is 1.11 bits per heavy atom. The molecule has 358 valence electrons. The number of pyridine rings is 1. The second kappa shape index (κ2) is 18.1. The van der Waals surface area contributed by atoms with Gasteiger partial charge >= 0.3 is 0 Å². The molecule has 10 rings (SSSR count). The summed E-state index contributed by atoms with van der Waals surface area (Å²) < 4.78 is 9.01. The van der Waals surface area contributed by atoms with E-state index in [0.29, 0.717) is 11.5 Å². The Kier molecular flexibility index (Phi) is 12.5. The average molecular weight is 1100 g/mol. The predicted molar refractivity (Wildman–Crippen MR) is 290 cm³/mol. The van der Waals surface area contributed by atoms with E-state index < -0.39 is 0 Å². The first-order chi connectivity index (χ1) is 32.7. The standard InChI is InChI=1S/C64H63N4O.Pt/c1-61(2,3)45-22-18-23-47(37-45)66-41-67(57-27-17-16-26-56(57)66)48-24-19-25-49(39-48)69-50-29-30-51-52-38-46(62(4,5)6)28-31-55(52)68(58(51)40-50)59-36-43(32-33-65-59)60-53(63(7,8)9)34-44(35-54(60)64(10,11)12)42-20-14-13-15-21-42;/h13-38,41H,1-12H3;/q-3;.